The number of allylic oxidation sites excluding steroid dienone is 3. The molecule has 0 aliphatic heterocycles. The summed E-state index contributed by atoms with van der Waals surface area (Å²) in [6.45, 7) is 5.80. The highest BCUT2D eigenvalue weighted by Gasteiger charge is 2.15. The van der Waals surface area contributed by atoms with Gasteiger partial charge in [-0.1, -0.05) is 5.16 Å². The standard InChI is InChI=1S/C16H20N4O2/c1-10(17)4-7-15(18)21-9-14-12(3)22-20-16(14)13-6-5-11(2)19-8-13/h4-8H,9,17-18H2,1-3H3/b10-4-,15-7+. The second-order valence-electron chi connectivity index (χ2n) is 5.02. The summed E-state index contributed by atoms with van der Waals surface area (Å²) >= 11 is 0. The fourth-order valence-corrected chi connectivity index (χ4v) is 1.81. The predicted molar refractivity (Wildman–Crippen MR) is 84.2 cm³/mol. The number of hydrogen-bond acceptors (Lipinski definition) is 6. The van der Waals surface area contributed by atoms with Gasteiger partial charge in [-0.05, 0) is 45.1 Å². The van der Waals surface area contributed by atoms with Crippen LogP contribution in [-0.2, 0) is 11.3 Å². The monoisotopic (exact) mass is 300 g/mol. The molecule has 6 nitrogen and oxygen atoms in total. The highest BCUT2D eigenvalue weighted by atomic mass is 16.5. The minimum absolute atomic E-state index is 0.262. The van der Waals surface area contributed by atoms with Gasteiger partial charge in [0, 0.05) is 23.2 Å². The molecule has 0 atom stereocenters. The van der Waals surface area contributed by atoms with E-state index in [1.54, 1.807) is 25.3 Å². The van der Waals surface area contributed by atoms with E-state index in [9.17, 15) is 0 Å². The molecule has 2 rings (SSSR count). The molecule has 2 aromatic heterocycles. The van der Waals surface area contributed by atoms with E-state index in [4.69, 9.17) is 20.7 Å². The van der Waals surface area contributed by atoms with E-state index >= 15 is 0 Å². The van der Waals surface area contributed by atoms with Gasteiger partial charge in [-0.25, -0.2) is 0 Å². The Kier molecular flexibility index (Phi) is 4.83. The van der Waals surface area contributed by atoms with E-state index in [0.717, 1.165) is 16.8 Å². The first-order valence-corrected chi connectivity index (χ1v) is 6.88. The second-order valence-corrected chi connectivity index (χ2v) is 5.02. The number of pyridine rings is 1. The molecule has 0 spiro atoms. The van der Waals surface area contributed by atoms with Crippen molar-refractivity contribution in [3.8, 4) is 11.3 Å². The zero-order chi connectivity index (χ0) is 16.1. The molecular weight excluding hydrogens is 280 g/mol. The lowest BCUT2D eigenvalue weighted by Crippen LogP contribution is -2.04. The van der Waals surface area contributed by atoms with Crippen molar-refractivity contribution < 1.29 is 9.26 Å². The minimum Gasteiger partial charge on any atom is -0.474 e. The second kappa shape index (κ2) is 6.80. The highest BCUT2D eigenvalue weighted by molar-refractivity contribution is 5.62. The number of hydrogen-bond donors (Lipinski definition) is 2. The Morgan fingerprint density at radius 2 is 2.05 bits per heavy atom. The molecule has 4 N–H and O–H groups in total. The van der Waals surface area contributed by atoms with Crippen molar-refractivity contribution in [2.45, 2.75) is 27.4 Å². The summed E-state index contributed by atoms with van der Waals surface area (Å²) < 4.78 is 10.8. The topological polar surface area (TPSA) is 100 Å². The van der Waals surface area contributed by atoms with E-state index in [2.05, 4.69) is 10.1 Å². The summed E-state index contributed by atoms with van der Waals surface area (Å²) in [5.74, 6) is 0.965. The molecule has 0 aliphatic carbocycles. The van der Waals surface area contributed by atoms with Crippen LogP contribution >= 0.6 is 0 Å². The fourth-order valence-electron chi connectivity index (χ4n) is 1.81. The molecule has 0 unspecified atom stereocenters. The molecule has 0 aliphatic rings. The molecule has 0 saturated carbocycles. The van der Waals surface area contributed by atoms with Crippen LogP contribution in [0.4, 0.5) is 0 Å². The van der Waals surface area contributed by atoms with Gasteiger partial charge in [0.25, 0.3) is 0 Å². The Balaban J connectivity index is 2.18. The van der Waals surface area contributed by atoms with Gasteiger partial charge in [0.1, 0.15) is 18.1 Å². The van der Waals surface area contributed by atoms with Gasteiger partial charge in [-0.3, -0.25) is 4.98 Å². The molecule has 2 aromatic rings. The first-order chi connectivity index (χ1) is 10.5. The smallest absolute Gasteiger partial charge is 0.184 e. The normalized spacial score (nSPS) is 12.5. The van der Waals surface area contributed by atoms with Gasteiger partial charge < -0.3 is 20.7 Å². The van der Waals surface area contributed by atoms with Crippen molar-refractivity contribution >= 4 is 0 Å². The molecule has 0 fully saturated rings. The predicted octanol–water partition coefficient (Wildman–Crippen LogP) is 2.53. The lowest BCUT2D eigenvalue weighted by molar-refractivity contribution is 0.195. The summed E-state index contributed by atoms with van der Waals surface area (Å²) in [6.07, 6.45) is 5.06. The Morgan fingerprint density at radius 1 is 1.27 bits per heavy atom. The van der Waals surface area contributed by atoms with Crippen LogP contribution in [0.1, 0.15) is 23.9 Å². The number of nitrogens with zero attached hydrogens (tertiary/aromatic N) is 2. The maximum absolute atomic E-state index is 5.77. The highest BCUT2D eigenvalue weighted by Crippen LogP contribution is 2.25. The Morgan fingerprint density at radius 3 is 2.68 bits per heavy atom. The van der Waals surface area contributed by atoms with Crippen molar-refractivity contribution in [1.29, 1.82) is 0 Å². The van der Waals surface area contributed by atoms with Gasteiger partial charge in [0.2, 0.25) is 0 Å². The van der Waals surface area contributed by atoms with E-state index < -0.39 is 0 Å². The quantitative estimate of drug-likeness (QED) is 0.650. The lowest BCUT2D eigenvalue weighted by atomic mass is 10.1. The van der Waals surface area contributed by atoms with Crippen LogP contribution in [-0.4, -0.2) is 10.1 Å². The number of aryl methyl sites for hydroxylation is 2. The van der Waals surface area contributed by atoms with Crippen LogP contribution in [0.5, 0.6) is 0 Å². The van der Waals surface area contributed by atoms with Crippen LogP contribution in [0.25, 0.3) is 11.3 Å². The van der Waals surface area contributed by atoms with Crippen LogP contribution in [0, 0.1) is 13.8 Å². The van der Waals surface area contributed by atoms with E-state index in [-0.39, 0.29) is 12.5 Å². The zero-order valence-corrected chi connectivity index (χ0v) is 13.0. The first-order valence-electron chi connectivity index (χ1n) is 6.88. The molecule has 0 aromatic carbocycles. The van der Waals surface area contributed by atoms with Crippen LogP contribution in [0.15, 0.2) is 46.6 Å². The van der Waals surface area contributed by atoms with Crippen molar-refractivity contribution in [3.63, 3.8) is 0 Å². The van der Waals surface area contributed by atoms with Crippen molar-refractivity contribution in [2.75, 3.05) is 0 Å². The Hall–Kier alpha value is -2.76. The molecule has 116 valence electrons. The van der Waals surface area contributed by atoms with Crippen molar-refractivity contribution in [3.05, 3.63) is 59.1 Å². The number of rotatable bonds is 5. The summed E-state index contributed by atoms with van der Waals surface area (Å²) in [7, 11) is 0. The third-order valence-electron chi connectivity index (χ3n) is 3.06. The van der Waals surface area contributed by atoms with Crippen LogP contribution < -0.4 is 11.5 Å². The third-order valence-corrected chi connectivity index (χ3v) is 3.06. The fraction of sp³-hybridized carbons (Fsp3) is 0.250. The largest absolute Gasteiger partial charge is 0.474 e. The van der Waals surface area contributed by atoms with Gasteiger partial charge in [0.15, 0.2) is 5.88 Å². The molecular formula is C16H20N4O2. The summed E-state index contributed by atoms with van der Waals surface area (Å²) in [4.78, 5) is 4.27. The van der Waals surface area contributed by atoms with Crippen LogP contribution in [0.2, 0.25) is 0 Å². The Labute approximate surface area is 129 Å². The summed E-state index contributed by atoms with van der Waals surface area (Å²) in [6, 6.07) is 3.87. The Bertz CT molecular complexity index is 695. The summed E-state index contributed by atoms with van der Waals surface area (Å²) in [5, 5.41) is 4.08. The molecule has 2 heterocycles. The average Bonchev–Trinajstić information content (AvgIpc) is 2.85. The third kappa shape index (κ3) is 3.88. The zero-order valence-electron chi connectivity index (χ0n) is 13.0. The van der Waals surface area contributed by atoms with Crippen molar-refractivity contribution in [2.24, 2.45) is 11.5 Å². The first kappa shape index (κ1) is 15.6. The lowest BCUT2D eigenvalue weighted by Gasteiger charge is -2.06. The SMILES string of the molecule is C/C(N)=C/C=C(\N)OCc1c(-c2ccc(C)nc2)noc1C. The molecule has 6 heteroatoms. The molecule has 0 radical (unpaired) electrons. The molecule has 0 amide bonds. The molecule has 0 saturated heterocycles. The van der Waals surface area contributed by atoms with E-state index in [1.165, 1.54) is 0 Å². The molecule has 0 bridgehead atoms. The van der Waals surface area contributed by atoms with Gasteiger partial charge >= 0.3 is 0 Å². The maximum atomic E-state index is 5.77. The number of nitrogens with two attached hydrogens (primary N) is 2. The van der Waals surface area contributed by atoms with E-state index in [1.807, 2.05) is 26.0 Å². The van der Waals surface area contributed by atoms with Crippen molar-refractivity contribution in [1.82, 2.24) is 10.1 Å². The summed E-state index contributed by atoms with van der Waals surface area (Å²) in [5.41, 5.74) is 15.3. The minimum atomic E-state index is 0.262. The number of ether oxygens (including phenoxy) is 1. The average molecular weight is 300 g/mol. The maximum Gasteiger partial charge on any atom is 0.184 e. The van der Waals surface area contributed by atoms with E-state index in [0.29, 0.717) is 17.2 Å². The van der Waals surface area contributed by atoms with Crippen LogP contribution in [0.3, 0.4) is 0 Å². The van der Waals surface area contributed by atoms with Gasteiger partial charge in [-0.15, -0.1) is 0 Å². The van der Waals surface area contributed by atoms with Gasteiger partial charge in [-0.2, -0.15) is 0 Å². The molecule has 22 heavy (non-hydrogen) atoms. The number of aromatic nitrogens is 2. The van der Waals surface area contributed by atoms with Gasteiger partial charge in [0.05, 0.1) is 5.56 Å².